The molecule has 0 fully saturated rings. The molecule has 2 unspecified atom stereocenters. The van der Waals surface area contributed by atoms with Crippen LogP contribution >= 0.6 is 11.6 Å². The Hall–Kier alpha value is -1.24. The van der Waals surface area contributed by atoms with Crippen LogP contribution < -0.4 is 10.5 Å². The van der Waals surface area contributed by atoms with E-state index in [0.717, 1.165) is 22.8 Å². The van der Waals surface area contributed by atoms with Crippen molar-refractivity contribution >= 4 is 33.2 Å². The number of hydrogen-bond acceptors (Lipinski definition) is 5. The summed E-state index contributed by atoms with van der Waals surface area (Å²) >= 11 is 6.01. The average Bonchev–Trinajstić information content (AvgIpc) is 2.50. The van der Waals surface area contributed by atoms with E-state index in [0.29, 0.717) is 29.8 Å². The molecular formula is C15H20ClN3O2S. The molecule has 2 heterocycles. The van der Waals surface area contributed by atoms with Crippen molar-refractivity contribution in [2.24, 2.45) is 5.73 Å². The maximum atomic E-state index is 11.1. The lowest BCUT2D eigenvalue weighted by Crippen LogP contribution is -2.11. The second-order valence-electron chi connectivity index (χ2n) is 5.07. The molecule has 0 aliphatic rings. The first-order chi connectivity index (χ1) is 10.5. The van der Waals surface area contributed by atoms with Crippen LogP contribution in [0.1, 0.15) is 31.4 Å². The van der Waals surface area contributed by atoms with E-state index in [1.807, 2.05) is 6.92 Å². The molecule has 0 aromatic carbocycles. The molecule has 0 saturated carbocycles. The van der Waals surface area contributed by atoms with Gasteiger partial charge in [-0.15, -0.1) is 0 Å². The topological polar surface area (TPSA) is 78.1 Å². The summed E-state index contributed by atoms with van der Waals surface area (Å²) in [6.07, 6.45) is 6.59. The highest BCUT2D eigenvalue weighted by molar-refractivity contribution is 7.84. The van der Waals surface area contributed by atoms with Gasteiger partial charge in [0.2, 0.25) is 5.88 Å². The van der Waals surface area contributed by atoms with Crippen LogP contribution in [-0.2, 0) is 10.8 Å². The van der Waals surface area contributed by atoms with Crippen LogP contribution in [0.2, 0.25) is 5.15 Å². The Morgan fingerprint density at radius 1 is 1.36 bits per heavy atom. The van der Waals surface area contributed by atoms with Crippen LogP contribution in [0.25, 0.3) is 10.8 Å². The number of halogens is 1. The zero-order valence-corrected chi connectivity index (χ0v) is 14.3. The molecule has 2 rings (SSSR count). The second kappa shape index (κ2) is 7.85. The van der Waals surface area contributed by atoms with Crippen LogP contribution in [0.15, 0.2) is 18.5 Å². The van der Waals surface area contributed by atoms with Crippen molar-refractivity contribution in [3.8, 4) is 5.88 Å². The molecule has 2 N–H and O–H groups in total. The van der Waals surface area contributed by atoms with E-state index in [1.165, 1.54) is 0 Å². The predicted octanol–water partition coefficient (Wildman–Crippen LogP) is 2.84. The Bertz CT molecular complexity index is 681. The van der Waals surface area contributed by atoms with Gasteiger partial charge in [0, 0.05) is 41.2 Å². The molecule has 0 radical (unpaired) electrons. The number of hydrogen-bond donors (Lipinski definition) is 1. The third kappa shape index (κ3) is 4.15. The fraction of sp³-hybridized carbons (Fsp3) is 0.467. The summed E-state index contributed by atoms with van der Waals surface area (Å²) in [4.78, 5) is 8.47. The first-order valence-electron chi connectivity index (χ1n) is 7.15. The van der Waals surface area contributed by atoms with Crippen LogP contribution in [0, 0.1) is 0 Å². The molecular weight excluding hydrogens is 322 g/mol. The van der Waals surface area contributed by atoms with E-state index in [4.69, 9.17) is 22.1 Å². The van der Waals surface area contributed by atoms with Gasteiger partial charge in [-0.3, -0.25) is 4.21 Å². The SMILES string of the molecule is CCC(N)c1cnc(OCCCS(C)=O)c2cnc(Cl)cc12. The zero-order chi connectivity index (χ0) is 16.1. The Morgan fingerprint density at radius 3 is 2.82 bits per heavy atom. The molecule has 2 aromatic heterocycles. The van der Waals surface area contributed by atoms with E-state index in [1.54, 1.807) is 24.7 Å². The Balaban J connectivity index is 2.30. The second-order valence-corrected chi connectivity index (χ2v) is 7.01. The van der Waals surface area contributed by atoms with Gasteiger partial charge >= 0.3 is 0 Å². The van der Waals surface area contributed by atoms with Gasteiger partial charge in [-0.2, -0.15) is 0 Å². The monoisotopic (exact) mass is 341 g/mol. The highest BCUT2D eigenvalue weighted by Crippen LogP contribution is 2.30. The summed E-state index contributed by atoms with van der Waals surface area (Å²) < 4.78 is 16.8. The molecule has 2 atom stereocenters. The van der Waals surface area contributed by atoms with Crippen molar-refractivity contribution in [2.45, 2.75) is 25.8 Å². The van der Waals surface area contributed by atoms with Gasteiger partial charge < -0.3 is 10.5 Å². The van der Waals surface area contributed by atoms with Crippen LogP contribution in [0.4, 0.5) is 0 Å². The molecule has 22 heavy (non-hydrogen) atoms. The van der Waals surface area contributed by atoms with Gasteiger partial charge in [0.1, 0.15) is 5.15 Å². The third-order valence-corrected chi connectivity index (χ3v) is 4.46. The third-order valence-electron chi connectivity index (χ3n) is 3.39. The van der Waals surface area contributed by atoms with Crippen LogP contribution in [0.5, 0.6) is 5.88 Å². The standard InChI is InChI=1S/C15H20ClN3O2S/c1-3-13(17)11-8-19-15(21-5-4-6-22(2)20)12-9-18-14(16)7-10(11)12/h7-9,13H,3-6,17H2,1-2H3. The molecule has 0 spiro atoms. The molecule has 0 amide bonds. The largest absolute Gasteiger partial charge is 0.477 e. The van der Waals surface area contributed by atoms with Gasteiger partial charge in [-0.05, 0) is 29.9 Å². The molecule has 0 aliphatic heterocycles. The van der Waals surface area contributed by atoms with E-state index < -0.39 is 10.8 Å². The number of fused-ring (bicyclic) bond motifs is 1. The molecule has 120 valence electrons. The van der Waals surface area contributed by atoms with E-state index in [-0.39, 0.29) is 6.04 Å². The quantitative estimate of drug-likeness (QED) is 0.619. The summed E-state index contributed by atoms with van der Waals surface area (Å²) in [7, 11) is -0.812. The first kappa shape index (κ1) is 17.1. The van der Waals surface area contributed by atoms with E-state index >= 15 is 0 Å². The fourth-order valence-corrected chi connectivity index (χ4v) is 2.85. The van der Waals surface area contributed by atoms with Crippen molar-refractivity contribution < 1.29 is 8.95 Å². The number of aromatic nitrogens is 2. The van der Waals surface area contributed by atoms with Crippen molar-refractivity contribution in [3.63, 3.8) is 0 Å². The number of pyridine rings is 2. The van der Waals surface area contributed by atoms with Crippen molar-refractivity contribution in [3.05, 3.63) is 29.2 Å². The molecule has 0 bridgehead atoms. The lowest BCUT2D eigenvalue weighted by molar-refractivity contribution is 0.310. The number of nitrogens with zero attached hydrogens (tertiary/aromatic N) is 2. The summed E-state index contributed by atoms with van der Waals surface area (Å²) in [6, 6.07) is 1.68. The number of ether oxygens (including phenoxy) is 1. The Morgan fingerprint density at radius 2 is 2.14 bits per heavy atom. The van der Waals surface area contributed by atoms with Gasteiger partial charge in [0.25, 0.3) is 0 Å². The number of rotatable bonds is 7. The lowest BCUT2D eigenvalue weighted by Gasteiger charge is -2.15. The molecule has 7 heteroatoms. The van der Waals surface area contributed by atoms with Crippen molar-refractivity contribution in [1.82, 2.24) is 9.97 Å². The molecule has 2 aromatic rings. The maximum Gasteiger partial charge on any atom is 0.222 e. The molecule has 0 saturated heterocycles. The normalized spacial score (nSPS) is 14.0. The highest BCUT2D eigenvalue weighted by Gasteiger charge is 2.14. The summed E-state index contributed by atoms with van der Waals surface area (Å²) in [5, 5.41) is 2.12. The lowest BCUT2D eigenvalue weighted by atomic mass is 10.0. The Labute approximate surface area is 137 Å². The summed E-state index contributed by atoms with van der Waals surface area (Å²) in [6.45, 7) is 2.48. The Kier molecular flexibility index (Phi) is 6.11. The molecule has 5 nitrogen and oxygen atoms in total. The first-order valence-corrected chi connectivity index (χ1v) is 9.26. The van der Waals surface area contributed by atoms with Gasteiger partial charge in [-0.1, -0.05) is 18.5 Å². The van der Waals surface area contributed by atoms with E-state index in [2.05, 4.69) is 9.97 Å². The minimum Gasteiger partial charge on any atom is -0.477 e. The minimum atomic E-state index is -0.812. The summed E-state index contributed by atoms with van der Waals surface area (Å²) in [5.41, 5.74) is 7.07. The van der Waals surface area contributed by atoms with Crippen molar-refractivity contribution in [2.75, 3.05) is 18.6 Å². The fourth-order valence-electron chi connectivity index (χ4n) is 2.17. The average molecular weight is 342 g/mol. The predicted molar refractivity (Wildman–Crippen MR) is 90.8 cm³/mol. The zero-order valence-electron chi connectivity index (χ0n) is 12.7. The smallest absolute Gasteiger partial charge is 0.222 e. The summed E-state index contributed by atoms with van der Waals surface area (Å²) in [5.74, 6) is 1.12. The van der Waals surface area contributed by atoms with Gasteiger partial charge in [0.05, 0.1) is 12.0 Å². The maximum absolute atomic E-state index is 11.1. The van der Waals surface area contributed by atoms with Crippen molar-refractivity contribution in [1.29, 1.82) is 0 Å². The highest BCUT2D eigenvalue weighted by atomic mass is 35.5. The van der Waals surface area contributed by atoms with Crippen LogP contribution in [0.3, 0.4) is 0 Å². The van der Waals surface area contributed by atoms with Gasteiger partial charge in [0.15, 0.2) is 0 Å². The van der Waals surface area contributed by atoms with Crippen LogP contribution in [-0.4, -0.2) is 32.8 Å². The minimum absolute atomic E-state index is 0.106. The molecule has 0 aliphatic carbocycles. The van der Waals surface area contributed by atoms with E-state index in [9.17, 15) is 4.21 Å². The number of nitrogens with two attached hydrogens (primary N) is 1. The van der Waals surface area contributed by atoms with Gasteiger partial charge in [-0.25, -0.2) is 9.97 Å².